The van der Waals surface area contributed by atoms with Gasteiger partial charge in [0.2, 0.25) is 22.5 Å². The van der Waals surface area contributed by atoms with Crippen LogP contribution in [0.3, 0.4) is 0 Å². The monoisotopic (exact) mass is 1090 g/mol. The van der Waals surface area contributed by atoms with Crippen LogP contribution in [0.15, 0.2) is 84.9 Å². The summed E-state index contributed by atoms with van der Waals surface area (Å²) in [6.45, 7) is 21.0. The molecule has 0 bridgehead atoms. The minimum atomic E-state index is -3.50. The van der Waals surface area contributed by atoms with E-state index in [1.165, 1.54) is 39.0 Å². The molecule has 4 aromatic rings. The second-order valence-electron chi connectivity index (χ2n) is 20.8. The fourth-order valence-electron chi connectivity index (χ4n) is 8.66. The van der Waals surface area contributed by atoms with Gasteiger partial charge in [0.1, 0.15) is 18.1 Å². The van der Waals surface area contributed by atoms with E-state index in [1.807, 2.05) is 43.9 Å². The summed E-state index contributed by atoms with van der Waals surface area (Å²) in [6.07, 6.45) is -0.102. The molecule has 4 aromatic carbocycles. The van der Waals surface area contributed by atoms with Gasteiger partial charge in [-0.1, -0.05) is 93.7 Å². The molecule has 18 nitrogen and oxygen atoms in total. The average molecular weight is 1090 g/mol. The number of likely N-dealkylation sites (N-methyl/N-ethyl adjacent to an activating group) is 1. The molecule has 1 fully saturated rings. The van der Waals surface area contributed by atoms with Crippen molar-refractivity contribution in [2.75, 3.05) is 59.7 Å². The van der Waals surface area contributed by atoms with Gasteiger partial charge in [0.05, 0.1) is 29.2 Å². The van der Waals surface area contributed by atoms with E-state index < -0.39 is 68.9 Å². The number of ketones is 1. The number of aryl methyl sites for hydroxylation is 3. The molecule has 76 heavy (non-hydrogen) atoms. The highest BCUT2D eigenvalue weighted by Gasteiger charge is 2.69. The van der Waals surface area contributed by atoms with E-state index in [4.69, 9.17) is 30.5 Å². The zero-order valence-electron chi connectivity index (χ0n) is 46.2. The Kier molecular flexibility index (Phi) is 20.5. The molecule has 20 heteroatoms. The summed E-state index contributed by atoms with van der Waals surface area (Å²) < 4.78 is 51.1. The molecule has 0 aromatic heterocycles. The van der Waals surface area contributed by atoms with Gasteiger partial charge in [0, 0.05) is 49.5 Å². The van der Waals surface area contributed by atoms with Crippen LogP contribution in [-0.4, -0.2) is 111 Å². The molecule has 1 heterocycles. The van der Waals surface area contributed by atoms with Crippen molar-refractivity contribution in [2.24, 2.45) is 5.41 Å². The van der Waals surface area contributed by atoms with Crippen molar-refractivity contribution in [2.45, 2.75) is 133 Å². The van der Waals surface area contributed by atoms with Crippen LogP contribution in [0.5, 0.6) is 5.75 Å². The van der Waals surface area contributed by atoms with Crippen LogP contribution in [0, 0.1) is 26.2 Å². The molecule has 3 N–H and O–H groups in total. The van der Waals surface area contributed by atoms with Crippen molar-refractivity contribution in [1.29, 1.82) is 0 Å². The number of anilines is 4. The molecule has 0 aliphatic carbocycles. The molecule has 1 aliphatic rings. The van der Waals surface area contributed by atoms with E-state index in [2.05, 4.69) is 22.3 Å². The van der Waals surface area contributed by atoms with Crippen LogP contribution in [0.4, 0.5) is 32.3 Å². The minimum absolute atomic E-state index is 0.00210. The summed E-state index contributed by atoms with van der Waals surface area (Å²) in [5.41, 5.74) is -2.25. The topological polar surface area (TPSA) is 205 Å². The molecule has 1 saturated heterocycles. The number of carbonyl (C=O) groups is 5. The van der Waals surface area contributed by atoms with Gasteiger partial charge in [-0.15, -0.1) is 0 Å². The number of amides is 5. The van der Waals surface area contributed by atoms with Gasteiger partial charge in [0.15, 0.2) is 5.78 Å². The van der Waals surface area contributed by atoms with Crippen LogP contribution in [-0.2, 0) is 45.2 Å². The summed E-state index contributed by atoms with van der Waals surface area (Å²) in [6, 6.07) is 23.0. The van der Waals surface area contributed by atoms with Gasteiger partial charge >= 0.3 is 12.1 Å². The number of hydrogen-bond acceptors (Lipinski definition) is 13. The molecule has 5 rings (SSSR count). The lowest BCUT2D eigenvalue weighted by Gasteiger charge is -2.47. The lowest BCUT2D eigenvalue weighted by molar-refractivity contribution is -0.156. The first-order chi connectivity index (χ1) is 35.7. The van der Waals surface area contributed by atoms with Gasteiger partial charge in [0.25, 0.3) is 17.5 Å². The first-order valence-corrected chi connectivity index (χ1v) is 27.8. The van der Waals surface area contributed by atoms with Crippen LogP contribution < -0.4 is 29.9 Å². The Labute approximate surface area is 453 Å². The molecule has 3 unspecified atom stereocenters. The number of benzene rings is 4. The smallest absolute Gasteiger partial charge is 0.417 e. The maximum Gasteiger partial charge on any atom is 0.417 e. The maximum absolute atomic E-state index is 16.3. The molecule has 5 amide bonds. The molecule has 0 saturated carbocycles. The van der Waals surface area contributed by atoms with Crippen molar-refractivity contribution < 1.29 is 51.3 Å². The second kappa shape index (κ2) is 25.7. The SMILES string of the molecule is CCCCC(OCNc1ccc(Cl)c(NC(=O)C(C(=O)C(C)(C)C)(N2C(=O)C(OCC)N(Cc3ccccc3)C2=O)N(C(=O)OC(C)(C)C)c2ccc(N(CC)CCNS(C)(=O)=O)cc2C)c1)Oc1ccc(C)cc1C. The fourth-order valence-corrected chi connectivity index (χ4v) is 9.29. The van der Waals surface area contributed by atoms with Crippen LogP contribution in [0.2, 0.25) is 5.02 Å². The first-order valence-electron chi connectivity index (χ1n) is 25.6. The van der Waals surface area contributed by atoms with Crippen molar-refractivity contribution in [3.63, 3.8) is 0 Å². The number of hydrogen-bond donors (Lipinski definition) is 3. The number of sulfonamides is 1. The van der Waals surface area contributed by atoms with Gasteiger partial charge in [-0.05, 0) is 121 Å². The summed E-state index contributed by atoms with van der Waals surface area (Å²) in [4.78, 5) is 83.1. The van der Waals surface area contributed by atoms with Gasteiger partial charge < -0.3 is 34.5 Å². The van der Waals surface area contributed by atoms with Gasteiger partial charge in [-0.3, -0.25) is 19.3 Å². The van der Waals surface area contributed by atoms with Crippen molar-refractivity contribution in [3.05, 3.63) is 112 Å². The fraction of sp³-hybridized carbons (Fsp3) is 0.482. The molecule has 414 valence electrons. The molecule has 0 radical (unpaired) electrons. The Balaban J connectivity index is 1.72. The van der Waals surface area contributed by atoms with E-state index in [-0.39, 0.29) is 49.4 Å². The minimum Gasteiger partial charge on any atom is -0.465 e. The number of nitrogens with zero attached hydrogens (tertiary/aromatic N) is 4. The standard InChI is InChI=1S/C56H76ClN7O11S/c1-14-17-23-47(74-46-29-24-37(4)32-39(46)6)73-36-58-41-25-27-43(57)44(34-41)60-51(67)56(50(66)54(7,8)9,64-48(65)49(72-16-3)62(52(64)68)35-40-21-19-18-20-22-40)63(53(69)75-55(10,11)12)45-28-26-42(33-38(45)5)61(15-2)31-30-59-76(13,70)71/h18-22,24-29,32-34,47,49,58-59H,14-17,23,30-31,35-36H2,1-13H3,(H,60,67). The number of carbonyl (C=O) groups excluding carboxylic acids is 5. The number of rotatable bonds is 25. The molecular weight excluding hydrogens is 1010 g/mol. The normalized spacial score (nSPS) is 15.3. The highest BCUT2D eigenvalue weighted by Crippen LogP contribution is 2.43. The first kappa shape index (κ1) is 60.6. The number of unbranched alkanes of at least 4 members (excludes halogenated alkanes) is 1. The van der Waals surface area contributed by atoms with E-state index >= 15 is 24.0 Å². The highest BCUT2D eigenvalue weighted by atomic mass is 35.5. The van der Waals surface area contributed by atoms with E-state index in [1.54, 1.807) is 83.1 Å². The number of urea groups is 1. The van der Waals surface area contributed by atoms with E-state index in [0.717, 1.165) is 40.0 Å². The van der Waals surface area contributed by atoms with Crippen LogP contribution in [0.1, 0.15) is 104 Å². The number of halogens is 1. The lowest BCUT2D eigenvalue weighted by Crippen LogP contribution is -2.76. The third-order valence-electron chi connectivity index (χ3n) is 12.3. The molecule has 0 spiro atoms. The van der Waals surface area contributed by atoms with E-state index in [0.29, 0.717) is 46.1 Å². The van der Waals surface area contributed by atoms with Crippen molar-refractivity contribution in [1.82, 2.24) is 14.5 Å². The maximum atomic E-state index is 16.3. The molecule has 1 aliphatic heterocycles. The Hall–Kier alpha value is -6.25. The predicted molar refractivity (Wildman–Crippen MR) is 297 cm³/mol. The third-order valence-corrected chi connectivity index (χ3v) is 13.3. The lowest BCUT2D eigenvalue weighted by atomic mass is 9.79. The summed E-state index contributed by atoms with van der Waals surface area (Å²) in [5, 5.41) is 5.99. The Morgan fingerprint density at radius 2 is 1.57 bits per heavy atom. The third kappa shape index (κ3) is 15.0. The number of imide groups is 1. The summed E-state index contributed by atoms with van der Waals surface area (Å²) in [5.74, 6) is -2.77. The van der Waals surface area contributed by atoms with Crippen LogP contribution >= 0.6 is 11.6 Å². The van der Waals surface area contributed by atoms with Crippen molar-refractivity contribution >= 4 is 74.1 Å². The molecular formula is C56H76ClN7O11S. The average Bonchev–Trinajstić information content (AvgIpc) is 3.56. The zero-order valence-corrected chi connectivity index (χ0v) is 47.7. The van der Waals surface area contributed by atoms with Gasteiger partial charge in [-0.2, -0.15) is 0 Å². The Bertz CT molecular complexity index is 2820. The second-order valence-corrected chi connectivity index (χ2v) is 23.0. The summed E-state index contributed by atoms with van der Waals surface area (Å²) >= 11 is 6.90. The highest BCUT2D eigenvalue weighted by molar-refractivity contribution is 7.88. The number of ether oxygens (including phenoxy) is 4. The zero-order chi connectivity index (χ0) is 56.3. The largest absolute Gasteiger partial charge is 0.465 e. The Morgan fingerprint density at radius 3 is 2.16 bits per heavy atom. The number of nitrogens with one attached hydrogen (secondary N) is 3. The number of Topliss-reactive ketones (excluding diaryl/α,β-unsaturated/α-hetero) is 1. The predicted octanol–water partition coefficient (Wildman–Crippen LogP) is 10.1. The molecule has 3 atom stereocenters. The van der Waals surface area contributed by atoms with Crippen LogP contribution in [0.25, 0.3) is 0 Å². The van der Waals surface area contributed by atoms with Crippen molar-refractivity contribution in [3.8, 4) is 5.75 Å². The Morgan fingerprint density at radius 1 is 0.868 bits per heavy atom. The van der Waals surface area contributed by atoms with Gasteiger partial charge in [-0.25, -0.2) is 32.5 Å². The quantitative estimate of drug-likeness (QED) is 0.0321. The summed E-state index contributed by atoms with van der Waals surface area (Å²) in [7, 11) is -3.50. The van der Waals surface area contributed by atoms with E-state index in [9.17, 15) is 8.42 Å².